The van der Waals surface area contributed by atoms with Crippen LogP contribution in [0.5, 0.6) is 0 Å². The van der Waals surface area contributed by atoms with E-state index in [2.05, 4.69) is 31.2 Å². The zero-order chi connectivity index (χ0) is 19.0. The third kappa shape index (κ3) is 21.4. The highest BCUT2D eigenvalue weighted by Crippen LogP contribution is 2.02. The molecule has 0 aliphatic carbocycles. The zero-order valence-corrected chi connectivity index (χ0v) is 16.1. The van der Waals surface area contributed by atoms with Gasteiger partial charge in [-0.25, -0.2) is 0 Å². The van der Waals surface area contributed by atoms with Crippen molar-refractivity contribution in [3.05, 3.63) is 122 Å². The summed E-state index contributed by atoms with van der Waals surface area (Å²) in [6, 6.07) is 0. The van der Waals surface area contributed by atoms with E-state index >= 15 is 0 Å². The SMILES string of the molecule is [CH]=CC=CC=CC=CC=CC=CC=CC=CC=CC=CCCCCCC. The van der Waals surface area contributed by atoms with Gasteiger partial charge in [-0.15, -0.1) is 0 Å². The number of unbranched alkanes of at least 4 members (excludes halogenated alkanes) is 4. The van der Waals surface area contributed by atoms with E-state index in [0.717, 1.165) is 0 Å². The fourth-order valence-electron chi connectivity index (χ4n) is 1.89. The van der Waals surface area contributed by atoms with Crippen molar-refractivity contribution >= 4 is 0 Å². The summed E-state index contributed by atoms with van der Waals surface area (Å²) in [7, 11) is 0. The standard InChI is InChI=1S/C26H33/c1-3-5-7-9-11-13-15-17-19-21-23-25-26-24-22-20-18-16-14-12-10-8-6-4-2/h1,3,5,7,9,11,13-26H,4,6,8,10,12H2,2H3. The molecule has 137 valence electrons. The number of hydrogen-bond acceptors (Lipinski definition) is 0. The minimum atomic E-state index is 1.18. The Labute approximate surface area is 161 Å². The van der Waals surface area contributed by atoms with Crippen molar-refractivity contribution in [1.82, 2.24) is 0 Å². The molecule has 0 aromatic carbocycles. The van der Waals surface area contributed by atoms with Gasteiger partial charge in [0.25, 0.3) is 0 Å². The van der Waals surface area contributed by atoms with E-state index in [4.69, 9.17) is 6.58 Å². The maximum atomic E-state index is 5.22. The summed E-state index contributed by atoms with van der Waals surface area (Å²) in [6.45, 7) is 7.46. The Bertz CT molecular complexity index is 569. The first-order valence-electron chi connectivity index (χ1n) is 9.45. The van der Waals surface area contributed by atoms with Crippen molar-refractivity contribution in [3.63, 3.8) is 0 Å². The molecule has 0 heterocycles. The molecule has 26 heavy (non-hydrogen) atoms. The Morgan fingerprint density at radius 2 is 0.846 bits per heavy atom. The molecular formula is C26H33. The molecule has 0 amide bonds. The van der Waals surface area contributed by atoms with Gasteiger partial charge in [0.1, 0.15) is 0 Å². The molecule has 0 heteroatoms. The first-order valence-corrected chi connectivity index (χ1v) is 9.45. The van der Waals surface area contributed by atoms with Gasteiger partial charge >= 0.3 is 0 Å². The first-order chi connectivity index (χ1) is 12.9. The molecule has 0 aromatic heterocycles. The van der Waals surface area contributed by atoms with Gasteiger partial charge in [0.15, 0.2) is 0 Å². The van der Waals surface area contributed by atoms with Crippen LogP contribution in [0.3, 0.4) is 0 Å². The molecule has 1 radical (unpaired) electrons. The summed E-state index contributed by atoms with van der Waals surface area (Å²) in [5.74, 6) is 0. The van der Waals surface area contributed by atoms with E-state index in [0.29, 0.717) is 0 Å². The van der Waals surface area contributed by atoms with Crippen molar-refractivity contribution in [3.8, 4) is 0 Å². The van der Waals surface area contributed by atoms with E-state index in [9.17, 15) is 0 Å². The van der Waals surface area contributed by atoms with Crippen molar-refractivity contribution in [2.45, 2.75) is 39.0 Å². The third-order valence-corrected chi connectivity index (χ3v) is 3.25. The topological polar surface area (TPSA) is 0 Å². The molecule has 0 spiro atoms. The highest BCUT2D eigenvalue weighted by Gasteiger charge is 1.82. The van der Waals surface area contributed by atoms with Crippen molar-refractivity contribution in [2.24, 2.45) is 0 Å². The average Bonchev–Trinajstić information content (AvgIpc) is 2.66. The molecule has 0 nitrogen and oxygen atoms in total. The highest BCUT2D eigenvalue weighted by atomic mass is 13.9. The lowest BCUT2D eigenvalue weighted by Crippen LogP contribution is -1.72. The number of hydrogen-bond donors (Lipinski definition) is 0. The van der Waals surface area contributed by atoms with Crippen LogP contribution in [0.4, 0.5) is 0 Å². The van der Waals surface area contributed by atoms with E-state index in [1.165, 1.54) is 38.2 Å². The van der Waals surface area contributed by atoms with Crippen LogP contribution in [-0.4, -0.2) is 0 Å². The summed E-state index contributed by atoms with van der Waals surface area (Å²) in [4.78, 5) is 0. The minimum Gasteiger partial charge on any atom is -0.0845 e. The Balaban J connectivity index is 3.79. The quantitative estimate of drug-likeness (QED) is 0.221. The lowest BCUT2D eigenvalue weighted by molar-refractivity contribution is 0.674. The van der Waals surface area contributed by atoms with Crippen molar-refractivity contribution in [2.75, 3.05) is 0 Å². The predicted molar refractivity (Wildman–Crippen MR) is 120 cm³/mol. The molecular weight excluding hydrogens is 312 g/mol. The van der Waals surface area contributed by atoms with Crippen LogP contribution in [-0.2, 0) is 0 Å². The van der Waals surface area contributed by atoms with Crippen LogP contribution >= 0.6 is 0 Å². The fourth-order valence-corrected chi connectivity index (χ4v) is 1.89. The minimum absolute atomic E-state index is 1.18. The summed E-state index contributed by atoms with van der Waals surface area (Å²) in [5, 5.41) is 0. The lowest BCUT2D eigenvalue weighted by atomic mass is 10.1. The second kappa shape index (κ2) is 22.4. The van der Waals surface area contributed by atoms with Crippen LogP contribution in [0.15, 0.2) is 115 Å². The zero-order valence-electron chi connectivity index (χ0n) is 16.1. The van der Waals surface area contributed by atoms with Crippen LogP contribution in [0.2, 0.25) is 0 Å². The largest absolute Gasteiger partial charge is 0.0845 e. The smallest absolute Gasteiger partial charge is 0.0348 e. The lowest BCUT2D eigenvalue weighted by Gasteiger charge is -1.92. The van der Waals surface area contributed by atoms with Gasteiger partial charge in [-0.05, 0) is 12.8 Å². The summed E-state index contributed by atoms with van der Waals surface area (Å²) >= 11 is 0. The Hall–Kier alpha value is -2.60. The van der Waals surface area contributed by atoms with Gasteiger partial charge < -0.3 is 0 Å². The highest BCUT2D eigenvalue weighted by molar-refractivity contribution is 5.22. The van der Waals surface area contributed by atoms with Crippen molar-refractivity contribution < 1.29 is 0 Å². The van der Waals surface area contributed by atoms with Crippen LogP contribution in [0.25, 0.3) is 0 Å². The van der Waals surface area contributed by atoms with E-state index < -0.39 is 0 Å². The first kappa shape index (κ1) is 23.4. The van der Waals surface area contributed by atoms with Gasteiger partial charge in [-0.2, -0.15) is 0 Å². The Kier molecular flexibility index (Phi) is 20.2. The molecule has 0 N–H and O–H groups in total. The van der Waals surface area contributed by atoms with Crippen molar-refractivity contribution in [1.29, 1.82) is 0 Å². The number of rotatable bonds is 14. The second-order valence-corrected chi connectivity index (χ2v) is 5.55. The molecule has 0 bridgehead atoms. The van der Waals surface area contributed by atoms with Crippen LogP contribution in [0.1, 0.15) is 39.0 Å². The second-order valence-electron chi connectivity index (χ2n) is 5.55. The Morgan fingerprint density at radius 1 is 0.462 bits per heavy atom. The van der Waals surface area contributed by atoms with E-state index in [-0.39, 0.29) is 0 Å². The monoisotopic (exact) mass is 345 g/mol. The number of allylic oxidation sites excluding steroid dienone is 19. The van der Waals surface area contributed by atoms with Crippen LogP contribution in [0, 0.1) is 6.58 Å². The summed E-state index contributed by atoms with van der Waals surface area (Å²) < 4.78 is 0. The van der Waals surface area contributed by atoms with Gasteiger partial charge in [-0.1, -0.05) is 148 Å². The van der Waals surface area contributed by atoms with Crippen LogP contribution < -0.4 is 0 Å². The predicted octanol–water partition coefficient (Wildman–Crippen LogP) is 7.95. The van der Waals surface area contributed by atoms with Gasteiger partial charge in [0, 0.05) is 0 Å². The average molecular weight is 346 g/mol. The van der Waals surface area contributed by atoms with E-state index in [1.807, 2.05) is 79.0 Å². The summed E-state index contributed by atoms with van der Waals surface area (Å²) in [5.41, 5.74) is 0. The molecule has 0 fully saturated rings. The van der Waals surface area contributed by atoms with Gasteiger partial charge in [0.05, 0.1) is 0 Å². The maximum Gasteiger partial charge on any atom is -0.0348 e. The molecule has 0 saturated carbocycles. The maximum absolute atomic E-state index is 5.22. The molecule has 0 atom stereocenters. The molecule has 0 aliphatic heterocycles. The Morgan fingerprint density at radius 3 is 1.23 bits per heavy atom. The summed E-state index contributed by atoms with van der Waals surface area (Å²) in [6.07, 6.45) is 44.0. The van der Waals surface area contributed by atoms with Gasteiger partial charge in [-0.3, -0.25) is 0 Å². The molecule has 0 aromatic rings. The molecule has 0 saturated heterocycles. The van der Waals surface area contributed by atoms with Gasteiger partial charge in [0.2, 0.25) is 0 Å². The molecule has 0 rings (SSSR count). The van der Waals surface area contributed by atoms with E-state index in [1.54, 1.807) is 6.08 Å². The third-order valence-electron chi connectivity index (χ3n) is 3.25. The normalized spacial score (nSPS) is 13.9. The molecule has 0 unspecified atom stereocenters. The molecule has 0 aliphatic rings. The fraction of sp³-hybridized carbons (Fsp3) is 0.231.